The van der Waals surface area contributed by atoms with E-state index in [0.717, 1.165) is 6.07 Å². The number of phenolic OH excluding ortho intramolecular Hbond substituents is 1. The molecule has 110 valence electrons. The van der Waals surface area contributed by atoms with Gasteiger partial charge in [-0.25, -0.2) is 4.39 Å². The van der Waals surface area contributed by atoms with Crippen LogP contribution in [0.5, 0.6) is 5.75 Å². The quantitative estimate of drug-likeness (QED) is 0.631. The molecule has 0 saturated carbocycles. The third-order valence-corrected chi connectivity index (χ3v) is 3.68. The number of halogens is 2. The Morgan fingerprint density at radius 2 is 2.05 bits per heavy atom. The highest BCUT2D eigenvalue weighted by Gasteiger charge is 2.15. The predicted molar refractivity (Wildman–Crippen MR) is 80.9 cm³/mol. The molecular formula is C14H12BrFN2O3. The van der Waals surface area contributed by atoms with E-state index in [-0.39, 0.29) is 17.5 Å². The molecule has 2 N–H and O–H groups in total. The lowest BCUT2D eigenvalue weighted by Gasteiger charge is -2.17. The number of nitro benzene ring substituents is 1. The van der Waals surface area contributed by atoms with Crippen molar-refractivity contribution in [2.45, 2.75) is 13.0 Å². The van der Waals surface area contributed by atoms with E-state index < -0.39 is 10.7 Å². The molecule has 0 aliphatic carbocycles. The van der Waals surface area contributed by atoms with Crippen LogP contribution in [-0.4, -0.2) is 10.0 Å². The smallest absolute Gasteiger partial charge is 0.271 e. The van der Waals surface area contributed by atoms with Crippen molar-refractivity contribution >= 4 is 27.3 Å². The summed E-state index contributed by atoms with van der Waals surface area (Å²) in [4.78, 5) is 10.3. The molecule has 1 atom stereocenters. The van der Waals surface area contributed by atoms with Crippen LogP contribution in [0.3, 0.4) is 0 Å². The minimum absolute atomic E-state index is 0.0452. The summed E-state index contributed by atoms with van der Waals surface area (Å²) in [5.41, 5.74) is 0.964. The Labute approximate surface area is 128 Å². The Morgan fingerprint density at radius 1 is 1.33 bits per heavy atom. The summed E-state index contributed by atoms with van der Waals surface area (Å²) in [5.74, 6) is -0.698. The van der Waals surface area contributed by atoms with Crippen molar-refractivity contribution in [2.24, 2.45) is 0 Å². The summed E-state index contributed by atoms with van der Waals surface area (Å²) >= 11 is 3.30. The minimum Gasteiger partial charge on any atom is -0.507 e. The van der Waals surface area contributed by atoms with Crippen LogP contribution in [0, 0.1) is 15.9 Å². The normalized spacial score (nSPS) is 12.0. The topological polar surface area (TPSA) is 75.4 Å². The highest BCUT2D eigenvalue weighted by atomic mass is 79.9. The van der Waals surface area contributed by atoms with Crippen molar-refractivity contribution in [3.63, 3.8) is 0 Å². The summed E-state index contributed by atoms with van der Waals surface area (Å²) in [6.07, 6.45) is 0. The van der Waals surface area contributed by atoms with Gasteiger partial charge in [-0.2, -0.15) is 0 Å². The Bertz CT molecular complexity index is 694. The van der Waals surface area contributed by atoms with Crippen LogP contribution in [0.15, 0.2) is 40.9 Å². The molecular weight excluding hydrogens is 343 g/mol. The molecule has 0 fully saturated rings. The van der Waals surface area contributed by atoms with Crippen molar-refractivity contribution < 1.29 is 14.4 Å². The van der Waals surface area contributed by atoms with Crippen LogP contribution >= 0.6 is 15.9 Å². The fraction of sp³-hybridized carbons (Fsp3) is 0.143. The zero-order chi connectivity index (χ0) is 15.6. The lowest BCUT2D eigenvalue weighted by molar-refractivity contribution is -0.384. The van der Waals surface area contributed by atoms with E-state index in [4.69, 9.17) is 0 Å². The van der Waals surface area contributed by atoms with Crippen LogP contribution in [0.1, 0.15) is 18.5 Å². The lowest BCUT2D eigenvalue weighted by Crippen LogP contribution is -2.08. The molecule has 0 amide bonds. The first-order valence-corrected chi connectivity index (χ1v) is 6.86. The zero-order valence-corrected chi connectivity index (χ0v) is 12.6. The van der Waals surface area contributed by atoms with Crippen molar-refractivity contribution in [1.82, 2.24) is 0 Å². The van der Waals surface area contributed by atoms with E-state index >= 15 is 0 Å². The third-order valence-electron chi connectivity index (χ3n) is 2.99. The van der Waals surface area contributed by atoms with Gasteiger partial charge in [0.15, 0.2) is 0 Å². The van der Waals surface area contributed by atoms with Crippen molar-refractivity contribution in [1.29, 1.82) is 0 Å². The number of nitro groups is 1. The molecule has 5 nitrogen and oxygen atoms in total. The largest absolute Gasteiger partial charge is 0.507 e. The van der Waals surface area contributed by atoms with Crippen LogP contribution in [-0.2, 0) is 0 Å². The Balaban J connectivity index is 2.28. The van der Waals surface area contributed by atoms with Crippen molar-refractivity contribution in [3.8, 4) is 5.75 Å². The van der Waals surface area contributed by atoms with Crippen LogP contribution < -0.4 is 5.32 Å². The molecule has 21 heavy (non-hydrogen) atoms. The monoisotopic (exact) mass is 354 g/mol. The summed E-state index contributed by atoms with van der Waals surface area (Å²) in [7, 11) is 0. The van der Waals surface area contributed by atoms with Gasteiger partial charge in [0.25, 0.3) is 5.69 Å². The maximum Gasteiger partial charge on any atom is 0.271 e. The number of benzene rings is 2. The molecule has 0 aliphatic heterocycles. The molecule has 7 heteroatoms. The van der Waals surface area contributed by atoms with Crippen LogP contribution in [0.25, 0.3) is 0 Å². The molecule has 0 radical (unpaired) electrons. The van der Waals surface area contributed by atoms with Gasteiger partial charge in [0.1, 0.15) is 11.6 Å². The fourth-order valence-electron chi connectivity index (χ4n) is 1.93. The number of nitrogens with one attached hydrogen (secondary N) is 1. The second kappa shape index (κ2) is 6.09. The highest BCUT2D eigenvalue weighted by Crippen LogP contribution is 2.32. The maximum absolute atomic E-state index is 13.0. The molecule has 0 heterocycles. The van der Waals surface area contributed by atoms with Crippen molar-refractivity contribution in [2.75, 3.05) is 5.32 Å². The molecule has 2 aromatic rings. The molecule has 0 bridgehead atoms. The Kier molecular flexibility index (Phi) is 4.42. The summed E-state index contributed by atoms with van der Waals surface area (Å²) in [5, 5.41) is 23.6. The molecule has 0 aliphatic rings. The van der Waals surface area contributed by atoms with E-state index in [0.29, 0.717) is 15.7 Å². The summed E-state index contributed by atoms with van der Waals surface area (Å²) < 4.78 is 13.6. The van der Waals surface area contributed by atoms with Crippen LogP contribution in [0.2, 0.25) is 0 Å². The van der Waals surface area contributed by atoms with E-state index in [1.807, 2.05) is 0 Å². The second-order valence-corrected chi connectivity index (χ2v) is 5.34. The molecule has 2 aromatic carbocycles. The van der Waals surface area contributed by atoms with E-state index in [1.54, 1.807) is 13.0 Å². The SMILES string of the molecule is CC(Nc1cc([N+](=O)[O-])ccc1Br)c1ccc(F)cc1O. The number of aromatic hydroxyl groups is 1. The lowest BCUT2D eigenvalue weighted by atomic mass is 10.1. The minimum atomic E-state index is -0.528. The van der Waals surface area contributed by atoms with Gasteiger partial charge in [0.05, 0.1) is 16.7 Å². The number of hydrogen-bond donors (Lipinski definition) is 2. The summed E-state index contributed by atoms with van der Waals surface area (Å²) in [6, 6.07) is 7.72. The van der Waals surface area contributed by atoms with E-state index in [9.17, 15) is 19.6 Å². The number of rotatable bonds is 4. The predicted octanol–water partition coefficient (Wildman–Crippen LogP) is 4.38. The van der Waals surface area contributed by atoms with Gasteiger partial charge < -0.3 is 10.4 Å². The maximum atomic E-state index is 13.0. The van der Waals surface area contributed by atoms with E-state index in [2.05, 4.69) is 21.2 Å². The van der Waals surface area contributed by atoms with Gasteiger partial charge >= 0.3 is 0 Å². The van der Waals surface area contributed by atoms with Gasteiger partial charge in [-0.05, 0) is 35.0 Å². The highest BCUT2D eigenvalue weighted by molar-refractivity contribution is 9.10. The van der Waals surface area contributed by atoms with Crippen LogP contribution in [0.4, 0.5) is 15.8 Å². The molecule has 0 aromatic heterocycles. The van der Waals surface area contributed by atoms with Gasteiger partial charge in [0, 0.05) is 28.2 Å². The first-order chi connectivity index (χ1) is 9.88. The molecule has 2 rings (SSSR count). The molecule has 0 saturated heterocycles. The Hall–Kier alpha value is -2.15. The Morgan fingerprint density at radius 3 is 2.67 bits per heavy atom. The number of nitrogens with zero attached hydrogens (tertiary/aromatic N) is 1. The number of phenols is 1. The first kappa shape index (κ1) is 15.2. The van der Waals surface area contributed by atoms with Gasteiger partial charge in [-0.15, -0.1) is 0 Å². The number of anilines is 1. The average Bonchev–Trinajstić information content (AvgIpc) is 2.40. The van der Waals surface area contributed by atoms with Gasteiger partial charge in [-0.3, -0.25) is 10.1 Å². The number of hydrogen-bond acceptors (Lipinski definition) is 4. The number of non-ortho nitro benzene ring substituents is 1. The first-order valence-electron chi connectivity index (χ1n) is 6.07. The molecule has 1 unspecified atom stereocenters. The van der Waals surface area contributed by atoms with Crippen molar-refractivity contribution in [3.05, 3.63) is 62.4 Å². The van der Waals surface area contributed by atoms with E-state index in [1.165, 1.54) is 24.3 Å². The summed E-state index contributed by atoms with van der Waals surface area (Å²) in [6.45, 7) is 1.76. The fourth-order valence-corrected chi connectivity index (χ4v) is 2.29. The van der Waals surface area contributed by atoms with Gasteiger partial charge in [0.2, 0.25) is 0 Å². The second-order valence-electron chi connectivity index (χ2n) is 4.49. The zero-order valence-electron chi connectivity index (χ0n) is 11.0. The standard InChI is InChI=1S/C14H12BrFN2O3/c1-8(11-4-2-9(16)6-14(11)19)17-13-7-10(18(20)21)3-5-12(13)15/h2-8,17,19H,1H3. The third kappa shape index (κ3) is 3.49. The average molecular weight is 355 g/mol. The molecule has 0 spiro atoms. The van der Waals surface area contributed by atoms with Gasteiger partial charge in [-0.1, -0.05) is 6.07 Å².